The Morgan fingerprint density at radius 3 is 2.18 bits per heavy atom. The van der Waals surface area contributed by atoms with Crippen molar-refractivity contribution in [3.05, 3.63) is 60.0 Å². The maximum absolute atomic E-state index is 13.6. The van der Waals surface area contributed by atoms with Gasteiger partial charge >= 0.3 is 0 Å². The maximum atomic E-state index is 13.6. The molecule has 0 amide bonds. The summed E-state index contributed by atoms with van der Waals surface area (Å²) in [5.41, 5.74) is 4.26. The van der Waals surface area contributed by atoms with Gasteiger partial charge in [-0.05, 0) is 74.0 Å². The topological polar surface area (TPSA) is 47.9 Å². The predicted octanol–water partition coefficient (Wildman–Crippen LogP) is 4.62. The zero-order valence-corrected chi connectivity index (χ0v) is 19.7. The first-order valence-corrected chi connectivity index (χ1v) is 11.2. The van der Waals surface area contributed by atoms with E-state index in [1.165, 1.54) is 17.7 Å². The molecular formula is C26H32FN3O3. The van der Waals surface area contributed by atoms with Crippen LogP contribution in [0.25, 0.3) is 11.3 Å². The SMILES string of the molecule is COc1cc(-c2cc(CN(c3ccc(F)cc3)C3CCNCC3)cn2C)cc(OC)c1OC. The monoisotopic (exact) mass is 453 g/mol. The second kappa shape index (κ2) is 10.2. The van der Waals surface area contributed by atoms with Crippen LogP contribution in [0.5, 0.6) is 17.2 Å². The number of rotatable bonds is 8. The van der Waals surface area contributed by atoms with E-state index in [0.717, 1.165) is 49.4 Å². The Hall–Kier alpha value is -3.19. The van der Waals surface area contributed by atoms with E-state index in [-0.39, 0.29) is 5.82 Å². The minimum absolute atomic E-state index is 0.214. The van der Waals surface area contributed by atoms with Gasteiger partial charge < -0.3 is 29.0 Å². The highest BCUT2D eigenvalue weighted by Crippen LogP contribution is 2.41. The van der Waals surface area contributed by atoms with Crippen LogP contribution >= 0.6 is 0 Å². The molecule has 4 rings (SSSR count). The van der Waals surface area contributed by atoms with Gasteiger partial charge in [0.15, 0.2) is 11.5 Å². The molecule has 1 N–H and O–H groups in total. The van der Waals surface area contributed by atoms with E-state index in [1.807, 2.05) is 31.3 Å². The molecule has 0 bridgehead atoms. The number of aromatic nitrogens is 1. The zero-order valence-electron chi connectivity index (χ0n) is 19.7. The van der Waals surface area contributed by atoms with Gasteiger partial charge in [0.05, 0.1) is 21.3 Å². The second-order valence-electron chi connectivity index (χ2n) is 8.34. The van der Waals surface area contributed by atoms with Crippen molar-refractivity contribution < 1.29 is 18.6 Å². The molecule has 1 fully saturated rings. The van der Waals surface area contributed by atoms with Gasteiger partial charge in [0.25, 0.3) is 0 Å². The summed E-state index contributed by atoms with van der Waals surface area (Å²) in [6.45, 7) is 2.73. The van der Waals surface area contributed by atoms with Crippen LogP contribution in [0.15, 0.2) is 48.7 Å². The lowest BCUT2D eigenvalue weighted by atomic mass is 10.0. The highest BCUT2D eigenvalue weighted by atomic mass is 19.1. The third-order valence-corrected chi connectivity index (χ3v) is 6.28. The Kier molecular flexibility index (Phi) is 7.08. The minimum Gasteiger partial charge on any atom is -0.493 e. The summed E-state index contributed by atoms with van der Waals surface area (Å²) in [6, 6.07) is 13.3. The molecule has 0 saturated carbocycles. The van der Waals surface area contributed by atoms with E-state index < -0.39 is 0 Å². The Morgan fingerprint density at radius 2 is 1.61 bits per heavy atom. The molecule has 1 aliphatic heterocycles. The van der Waals surface area contributed by atoms with E-state index in [9.17, 15) is 4.39 Å². The van der Waals surface area contributed by atoms with Crippen molar-refractivity contribution in [1.82, 2.24) is 9.88 Å². The smallest absolute Gasteiger partial charge is 0.203 e. The van der Waals surface area contributed by atoms with Crippen LogP contribution in [-0.4, -0.2) is 45.0 Å². The van der Waals surface area contributed by atoms with Gasteiger partial charge in [-0.2, -0.15) is 0 Å². The third kappa shape index (κ3) is 4.93. The number of hydrogen-bond donors (Lipinski definition) is 1. The van der Waals surface area contributed by atoms with Gasteiger partial charge in [-0.1, -0.05) is 0 Å². The Balaban J connectivity index is 1.67. The molecule has 7 heteroatoms. The number of benzene rings is 2. The number of halogens is 1. The fourth-order valence-corrected chi connectivity index (χ4v) is 4.61. The molecule has 2 heterocycles. The van der Waals surface area contributed by atoms with Gasteiger partial charge in [-0.15, -0.1) is 0 Å². The number of anilines is 1. The Morgan fingerprint density at radius 1 is 0.970 bits per heavy atom. The summed E-state index contributed by atoms with van der Waals surface area (Å²) < 4.78 is 32.2. The van der Waals surface area contributed by atoms with Gasteiger partial charge in [-0.25, -0.2) is 4.39 Å². The van der Waals surface area contributed by atoms with Crippen molar-refractivity contribution in [2.75, 3.05) is 39.3 Å². The third-order valence-electron chi connectivity index (χ3n) is 6.28. The second-order valence-corrected chi connectivity index (χ2v) is 8.34. The summed E-state index contributed by atoms with van der Waals surface area (Å²) in [7, 11) is 6.88. The van der Waals surface area contributed by atoms with Crippen LogP contribution in [0, 0.1) is 5.82 Å². The van der Waals surface area contributed by atoms with Crippen molar-refractivity contribution in [2.45, 2.75) is 25.4 Å². The lowest BCUT2D eigenvalue weighted by molar-refractivity contribution is 0.324. The van der Waals surface area contributed by atoms with Gasteiger partial charge in [-0.3, -0.25) is 0 Å². The molecule has 6 nitrogen and oxygen atoms in total. The fraction of sp³-hybridized carbons (Fsp3) is 0.385. The van der Waals surface area contributed by atoms with Crippen LogP contribution in [0.3, 0.4) is 0 Å². The molecular weight excluding hydrogens is 421 g/mol. The maximum Gasteiger partial charge on any atom is 0.203 e. The van der Waals surface area contributed by atoms with Crippen molar-refractivity contribution in [3.8, 4) is 28.5 Å². The number of hydrogen-bond acceptors (Lipinski definition) is 5. The summed E-state index contributed by atoms with van der Waals surface area (Å²) in [5.74, 6) is 1.61. The summed E-state index contributed by atoms with van der Waals surface area (Å²) in [4.78, 5) is 2.40. The summed E-state index contributed by atoms with van der Waals surface area (Å²) in [6.07, 6.45) is 4.27. The van der Waals surface area contributed by atoms with Crippen LogP contribution in [0.4, 0.5) is 10.1 Å². The predicted molar refractivity (Wildman–Crippen MR) is 129 cm³/mol. The standard InChI is InChI=1S/C26H32FN3O3/c1-29-16-18(13-23(29)19-14-24(31-2)26(33-4)25(15-19)32-3)17-30(22-9-11-28-12-10-22)21-7-5-20(27)6-8-21/h5-8,13-16,22,28H,9-12,17H2,1-4H3. The molecule has 3 aromatic rings. The number of aryl methyl sites for hydroxylation is 1. The van der Waals surface area contributed by atoms with Crippen molar-refractivity contribution in [3.63, 3.8) is 0 Å². The van der Waals surface area contributed by atoms with E-state index >= 15 is 0 Å². The van der Waals surface area contributed by atoms with Crippen molar-refractivity contribution in [1.29, 1.82) is 0 Å². The first kappa shape index (κ1) is 23.0. The number of nitrogens with one attached hydrogen (secondary N) is 1. The summed E-state index contributed by atoms with van der Waals surface area (Å²) in [5, 5.41) is 3.43. The quantitative estimate of drug-likeness (QED) is 0.540. The van der Waals surface area contributed by atoms with Crippen LogP contribution in [-0.2, 0) is 13.6 Å². The van der Waals surface area contributed by atoms with Crippen LogP contribution < -0.4 is 24.4 Å². The van der Waals surface area contributed by atoms with E-state index in [1.54, 1.807) is 21.3 Å². The van der Waals surface area contributed by atoms with Crippen LogP contribution in [0.1, 0.15) is 18.4 Å². The number of ether oxygens (including phenoxy) is 3. The average Bonchev–Trinajstić information content (AvgIpc) is 3.22. The van der Waals surface area contributed by atoms with E-state index in [4.69, 9.17) is 14.2 Å². The molecule has 1 aliphatic rings. The molecule has 1 aromatic heterocycles. The fourth-order valence-electron chi connectivity index (χ4n) is 4.61. The minimum atomic E-state index is -0.214. The molecule has 0 unspecified atom stereocenters. The average molecular weight is 454 g/mol. The lowest BCUT2D eigenvalue weighted by Gasteiger charge is -2.36. The van der Waals surface area contributed by atoms with E-state index in [0.29, 0.717) is 23.3 Å². The molecule has 33 heavy (non-hydrogen) atoms. The molecule has 176 valence electrons. The van der Waals surface area contributed by atoms with E-state index in [2.05, 4.69) is 27.0 Å². The van der Waals surface area contributed by atoms with Crippen molar-refractivity contribution in [2.24, 2.45) is 7.05 Å². The highest BCUT2D eigenvalue weighted by Gasteiger charge is 2.23. The van der Waals surface area contributed by atoms with Gasteiger partial charge in [0.1, 0.15) is 5.82 Å². The number of nitrogens with zero attached hydrogens (tertiary/aromatic N) is 2. The molecule has 0 aliphatic carbocycles. The largest absolute Gasteiger partial charge is 0.493 e. The molecule has 2 aromatic carbocycles. The Bertz CT molecular complexity index is 1050. The van der Waals surface area contributed by atoms with Gasteiger partial charge in [0.2, 0.25) is 5.75 Å². The van der Waals surface area contributed by atoms with Gasteiger partial charge in [0, 0.05) is 42.8 Å². The van der Waals surface area contributed by atoms with Crippen molar-refractivity contribution >= 4 is 5.69 Å². The first-order chi connectivity index (χ1) is 16.0. The molecule has 0 radical (unpaired) electrons. The number of methoxy groups -OCH3 is 3. The number of piperidine rings is 1. The Labute approximate surface area is 194 Å². The molecule has 0 spiro atoms. The first-order valence-electron chi connectivity index (χ1n) is 11.2. The van der Waals surface area contributed by atoms with Crippen LogP contribution in [0.2, 0.25) is 0 Å². The molecule has 0 atom stereocenters. The highest BCUT2D eigenvalue weighted by molar-refractivity contribution is 5.70. The summed E-state index contributed by atoms with van der Waals surface area (Å²) >= 11 is 0. The normalized spacial score (nSPS) is 14.2. The lowest BCUT2D eigenvalue weighted by Crippen LogP contribution is -2.42. The zero-order chi connectivity index (χ0) is 23.4. The molecule has 1 saturated heterocycles.